The highest BCUT2D eigenvalue weighted by molar-refractivity contribution is 14.1. The summed E-state index contributed by atoms with van der Waals surface area (Å²) >= 11 is 2.41. The van der Waals surface area contributed by atoms with Gasteiger partial charge in [0.1, 0.15) is 0 Å². The van der Waals surface area contributed by atoms with Crippen molar-refractivity contribution >= 4 is 22.6 Å². The third-order valence-electron chi connectivity index (χ3n) is 1.75. The lowest BCUT2D eigenvalue weighted by atomic mass is 9.90. The van der Waals surface area contributed by atoms with Crippen molar-refractivity contribution in [2.45, 2.75) is 0 Å². The zero-order valence-electron chi connectivity index (χ0n) is 5.83. The minimum absolute atomic E-state index is 0.557. The summed E-state index contributed by atoms with van der Waals surface area (Å²) in [6.45, 7) is 3.79. The molecule has 0 amide bonds. The van der Waals surface area contributed by atoms with Crippen LogP contribution in [-0.4, -0.2) is 4.43 Å². The van der Waals surface area contributed by atoms with E-state index < -0.39 is 0 Å². The molecule has 0 aromatic rings. The first kappa shape index (κ1) is 8.05. The molecule has 0 aromatic carbocycles. The predicted octanol–water partition coefficient (Wildman–Crippen LogP) is 2.97. The fourth-order valence-electron chi connectivity index (χ4n) is 1.08. The second-order valence-corrected chi connectivity index (χ2v) is 3.28. The average Bonchev–Trinajstić information content (AvgIpc) is 2.04. The van der Waals surface area contributed by atoms with Crippen LogP contribution in [0.15, 0.2) is 37.0 Å². The average molecular weight is 246 g/mol. The standard InChI is InChI=1S/C9H11I/c1-2-8-5-3-4-6-9(8)7-10/h2-6,8-9H,1,7H2. The summed E-state index contributed by atoms with van der Waals surface area (Å²) in [6.07, 6.45) is 10.7. The minimum Gasteiger partial charge on any atom is -0.102 e. The Bertz CT molecular complexity index is 168. The molecule has 1 heteroatoms. The van der Waals surface area contributed by atoms with Gasteiger partial charge in [0.25, 0.3) is 0 Å². The number of hydrogen-bond acceptors (Lipinski definition) is 0. The third kappa shape index (κ3) is 1.72. The molecule has 1 aliphatic rings. The molecule has 1 aliphatic carbocycles. The Morgan fingerprint density at radius 1 is 1.40 bits per heavy atom. The van der Waals surface area contributed by atoms with E-state index in [0.29, 0.717) is 11.8 Å². The summed E-state index contributed by atoms with van der Waals surface area (Å²) in [4.78, 5) is 0. The topological polar surface area (TPSA) is 0 Å². The first-order valence-electron chi connectivity index (χ1n) is 3.42. The van der Waals surface area contributed by atoms with Crippen LogP contribution in [0.5, 0.6) is 0 Å². The lowest BCUT2D eigenvalue weighted by Crippen LogP contribution is -2.10. The summed E-state index contributed by atoms with van der Waals surface area (Å²) in [5.41, 5.74) is 0. The second-order valence-electron chi connectivity index (χ2n) is 2.40. The number of alkyl halides is 1. The second kappa shape index (κ2) is 3.96. The highest BCUT2D eigenvalue weighted by Crippen LogP contribution is 2.22. The van der Waals surface area contributed by atoms with E-state index in [1.165, 1.54) is 4.43 Å². The van der Waals surface area contributed by atoms with Gasteiger partial charge in [-0.3, -0.25) is 0 Å². The molecule has 2 atom stereocenters. The molecule has 0 aromatic heterocycles. The fourth-order valence-corrected chi connectivity index (χ4v) is 1.96. The van der Waals surface area contributed by atoms with Gasteiger partial charge in [0.05, 0.1) is 0 Å². The van der Waals surface area contributed by atoms with Crippen molar-refractivity contribution in [3.63, 3.8) is 0 Å². The third-order valence-corrected chi connectivity index (χ3v) is 2.76. The van der Waals surface area contributed by atoms with Crippen LogP contribution < -0.4 is 0 Å². The van der Waals surface area contributed by atoms with E-state index in [0.717, 1.165) is 0 Å². The highest BCUT2D eigenvalue weighted by Gasteiger charge is 2.12. The van der Waals surface area contributed by atoms with Crippen LogP contribution in [0, 0.1) is 11.8 Å². The normalized spacial score (nSPS) is 30.5. The Labute approximate surface area is 75.8 Å². The van der Waals surface area contributed by atoms with Crippen LogP contribution in [-0.2, 0) is 0 Å². The van der Waals surface area contributed by atoms with Crippen molar-refractivity contribution in [2.75, 3.05) is 4.43 Å². The zero-order valence-corrected chi connectivity index (χ0v) is 7.99. The number of allylic oxidation sites excluding steroid dienone is 5. The lowest BCUT2D eigenvalue weighted by Gasteiger charge is -2.17. The zero-order chi connectivity index (χ0) is 7.40. The largest absolute Gasteiger partial charge is 0.102 e. The molecule has 0 fully saturated rings. The molecular weight excluding hydrogens is 235 g/mol. The molecule has 0 N–H and O–H groups in total. The monoisotopic (exact) mass is 246 g/mol. The molecule has 0 aliphatic heterocycles. The van der Waals surface area contributed by atoms with Crippen LogP contribution in [0.25, 0.3) is 0 Å². The van der Waals surface area contributed by atoms with E-state index in [1.54, 1.807) is 0 Å². The first-order valence-corrected chi connectivity index (χ1v) is 4.94. The van der Waals surface area contributed by atoms with Crippen molar-refractivity contribution in [2.24, 2.45) is 11.8 Å². The van der Waals surface area contributed by atoms with Gasteiger partial charge in [0.2, 0.25) is 0 Å². The van der Waals surface area contributed by atoms with E-state index in [-0.39, 0.29) is 0 Å². The van der Waals surface area contributed by atoms with Crippen LogP contribution >= 0.6 is 22.6 Å². The number of hydrogen-bond donors (Lipinski definition) is 0. The molecule has 0 spiro atoms. The van der Waals surface area contributed by atoms with Gasteiger partial charge in [0, 0.05) is 10.3 Å². The van der Waals surface area contributed by atoms with Gasteiger partial charge < -0.3 is 0 Å². The van der Waals surface area contributed by atoms with Gasteiger partial charge in [-0.05, 0) is 5.92 Å². The van der Waals surface area contributed by atoms with E-state index in [2.05, 4.69) is 53.5 Å². The molecule has 0 nitrogen and oxygen atoms in total. The van der Waals surface area contributed by atoms with Gasteiger partial charge in [0.15, 0.2) is 0 Å². The Morgan fingerprint density at radius 2 is 2.10 bits per heavy atom. The van der Waals surface area contributed by atoms with Gasteiger partial charge in [-0.25, -0.2) is 0 Å². The summed E-state index contributed by atoms with van der Waals surface area (Å²) in [6, 6.07) is 0. The molecule has 1 rings (SSSR count). The van der Waals surface area contributed by atoms with Crippen molar-refractivity contribution < 1.29 is 0 Å². The molecule has 2 unspecified atom stereocenters. The number of halogens is 1. The van der Waals surface area contributed by atoms with Gasteiger partial charge in [-0.1, -0.05) is 53.0 Å². The van der Waals surface area contributed by atoms with Gasteiger partial charge >= 0.3 is 0 Å². The SMILES string of the molecule is C=CC1C=CC=CC1CI. The Kier molecular flexibility index (Phi) is 3.19. The van der Waals surface area contributed by atoms with Crippen LogP contribution in [0.1, 0.15) is 0 Å². The van der Waals surface area contributed by atoms with E-state index >= 15 is 0 Å². The maximum absolute atomic E-state index is 3.79. The van der Waals surface area contributed by atoms with E-state index in [9.17, 15) is 0 Å². The van der Waals surface area contributed by atoms with Crippen molar-refractivity contribution in [1.29, 1.82) is 0 Å². The first-order chi connectivity index (χ1) is 4.88. The van der Waals surface area contributed by atoms with E-state index in [4.69, 9.17) is 0 Å². The molecule has 54 valence electrons. The van der Waals surface area contributed by atoms with Gasteiger partial charge in [-0.2, -0.15) is 0 Å². The highest BCUT2D eigenvalue weighted by atomic mass is 127. The predicted molar refractivity (Wildman–Crippen MR) is 54.3 cm³/mol. The quantitative estimate of drug-likeness (QED) is 0.399. The molecule has 0 bridgehead atoms. The Morgan fingerprint density at radius 3 is 2.60 bits per heavy atom. The van der Waals surface area contributed by atoms with E-state index in [1.807, 2.05) is 6.08 Å². The summed E-state index contributed by atoms with van der Waals surface area (Å²) < 4.78 is 1.18. The molecule has 0 saturated carbocycles. The smallest absolute Gasteiger partial charge is 0.00671 e. The Balaban J connectivity index is 2.63. The lowest BCUT2D eigenvalue weighted by molar-refractivity contribution is 0.624. The maximum atomic E-state index is 3.79. The maximum Gasteiger partial charge on any atom is 0.00671 e. The van der Waals surface area contributed by atoms with Crippen LogP contribution in [0.3, 0.4) is 0 Å². The molecule has 0 saturated heterocycles. The van der Waals surface area contributed by atoms with Crippen LogP contribution in [0.2, 0.25) is 0 Å². The minimum atomic E-state index is 0.557. The van der Waals surface area contributed by atoms with Crippen molar-refractivity contribution in [3.05, 3.63) is 37.0 Å². The summed E-state index contributed by atoms with van der Waals surface area (Å²) in [7, 11) is 0. The summed E-state index contributed by atoms with van der Waals surface area (Å²) in [5, 5.41) is 0. The molecule has 10 heavy (non-hydrogen) atoms. The molecule has 0 radical (unpaired) electrons. The number of rotatable bonds is 2. The van der Waals surface area contributed by atoms with Gasteiger partial charge in [-0.15, -0.1) is 6.58 Å². The summed E-state index contributed by atoms with van der Waals surface area (Å²) in [5.74, 6) is 1.23. The van der Waals surface area contributed by atoms with Crippen molar-refractivity contribution in [3.8, 4) is 0 Å². The van der Waals surface area contributed by atoms with Crippen molar-refractivity contribution in [1.82, 2.24) is 0 Å². The Hall–Kier alpha value is -0.0500. The molecule has 0 heterocycles. The van der Waals surface area contributed by atoms with Crippen LogP contribution in [0.4, 0.5) is 0 Å². The molecular formula is C9H11I. The fraction of sp³-hybridized carbons (Fsp3) is 0.333.